The predicted molar refractivity (Wildman–Crippen MR) is 75.9 cm³/mol. The van der Waals surface area contributed by atoms with Gasteiger partial charge in [-0.25, -0.2) is 4.79 Å². The Kier molecular flexibility index (Phi) is 4.19. The van der Waals surface area contributed by atoms with E-state index in [9.17, 15) is 4.79 Å². The van der Waals surface area contributed by atoms with E-state index in [1.54, 1.807) is 20.3 Å². The van der Waals surface area contributed by atoms with Crippen LogP contribution in [-0.2, 0) is 0 Å². The lowest BCUT2D eigenvalue weighted by molar-refractivity contribution is 0.0690. The molecule has 1 heterocycles. The number of ether oxygens (including phenoxy) is 2. The number of thioether (sulfide) groups is 1. The summed E-state index contributed by atoms with van der Waals surface area (Å²) in [5.41, 5.74) is 1.19. The Morgan fingerprint density at radius 3 is 2.45 bits per heavy atom. The molecule has 2 N–H and O–H groups in total. The molecule has 0 atom stereocenters. The number of carbonyl (C=O) groups is 1. The first-order valence-corrected chi connectivity index (χ1v) is 6.92. The highest BCUT2D eigenvalue weighted by molar-refractivity contribution is 7.98. The topological polar surface area (TPSA) is 84.4 Å². The standard InChI is InChI=1S/C13H14N2O4S/c1-18-10-6-12(20-3)11(19-2)4-7(10)8-5-9(13(16)17)15-14-8/h4-6H,1-3H3,(H,14,15)(H,16,17). The van der Waals surface area contributed by atoms with Crippen LogP contribution in [0, 0.1) is 0 Å². The lowest BCUT2D eigenvalue weighted by Gasteiger charge is -2.12. The molecule has 0 saturated heterocycles. The number of hydrogen-bond acceptors (Lipinski definition) is 5. The van der Waals surface area contributed by atoms with Gasteiger partial charge >= 0.3 is 5.97 Å². The summed E-state index contributed by atoms with van der Waals surface area (Å²) in [5.74, 6) is 0.238. The third-order valence-corrected chi connectivity index (χ3v) is 3.55. The number of carboxylic acids is 1. The second-order valence-electron chi connectivity index (χ2n) is 3.88. The van der Waals surface area contributed by atoms with E-state index in [0.29, 0.717) is 22.8 Å². The summed E-state index contributed by atoms with van der Waals surface area (Å²) in [4.78, 5) is 11.8. The predicted octanol–water partition coefficient (Wildman–Crippen LogP) is 2.51. The fraction of sp³-hybridized carbons (Fsp3) is 0.231. The molecule has 0 amide bonds. The van der Waals surface area contributed by atoms with Crippen molar-refractivity contribution in [2.75, 3.05) is 20.5 Å². The Bertz CT molecular complexity index is 639. The van der Waals surface area contributed by atoms with E-state index in [4.69, 9.17) is 14.6 Å². The van der Waals surface area contributed by atoms with Crippen molar-refractivity contribution < 1.29 is 19.4 Å². The molecule has 0 aliphatic carbocycles. The van der Waals surface area contributed by atoms with Crippen LogP contribution in [-0.4, -0.2) is 41.7 Å². The van der Waals surface area contributed by atoms with E-state index in [0.717, 1.165) is 4.90 Å². The molecule has 1 aromatic heterocycles. The Morgan fingerprint density at radius 2 is 1.95 bits per heavy atom. The summed E-state index contributed by atoms with van der Waals surface area (Å²) in [6.45, 7) is 0. The maximum Gasteiger partial charge on any atom is 0.353 e. The number of nitrogens with zero attached hydrogens (tertiary/aromatic N) is 1. The van der Waals surface area contributed by atoms with Crippen molar-refractivity contribution in [2.24, 2.45) is 0 Å². The molecule has 2 aromatic rings. The number of methoxy groups -OCH3 is 2. The minimum absolute atomic E-state index is 0.0231. The van der Waals surface area contributed by atoms with E-state index < -0.39 is 5.97 Å². The molecule has 0 saturated carbocycles. The van der Waals surface area contributed by atoms with E-state index in [-0.39, 0.29) is 5.69 Å². The molecule has 0 radical (unpaired) electrons. The molecule has 0 fully saturated rings. The number of carboxylic acid groups (broad SMARTS) is 1. The molecule has 6 nitrogen and oxygen atoms in total. The third kappa shape index (κ3) is 2.57. The number of hydrogen-bond donors (Lipinski definition) is 2. The monoisotopic (exact) mass is 294 g/mol. The second kappa shape index (κ2) is 5.87. The second-order valence-corrected chi connectivity index (χ2v) is 4.73. The van der Waals surface area contributed by atoms with Gasteiger partial charge in [-0.15, -0.1) is 11.8 Å². The number of aromatic amines is 1. The Labute approximate surface area is 120 Å². The number of benzene rings is 1. The van der Waals surface area contributed by atoms with Crippen LogP contribution in [0.1, 0.15) is 10.5 Å². The fourth-order valence-electron chi connectivity index (χ4n) is 1.80. The normalized spacial score (nSPS) is 10.3. The van der Waals surface area contributed by atoms with E-state index in [1.165, 1.54) is 17.8 Å². The van der Waals surface area contributed by atoms with Gasteiger partial charge in [0.05, 0.1) is 24.8 Å². The third-order valence-electron chi connectivity index (χ3n) is 2.79. The minimum atomic E-state index is -1.06. The van der Waals surface area contributed by atoms with Gasteiger partial charge < -0.3 is 14.6 Å². The maximum absolute atomic E-state index is 10.9. The number of aromatic carboxylic acids is 1. The van der Waals surface area contributed by atoms with Crippen LogP contribution in [0.5, 0.6) is 11.5 Å². The van der Waals surface area contributed by atoms with Crippen molar-refractivity contribution in [3.05, 3.63) is 23.9 Å². The zero-order chi connectivity index (χ0) is 14.7. The number of aromatic nitrogens is 2. The summed E-state index contributed by atoms with van der Waals surface area (Å²) >= 11 is 1.54. The van der Waals surface area contributed by atoms with Gasteiger partial charge in [-0.1, -0.05) is 0 Å². The quantitative estimate of drug-likeness (QED) is 0.824. The van der Waals surface area contributed by atoms with Crippen LogP contribution >= 0.6 is 11.8 Å². The van der Waals surface area contributed by atoms with E-state index in [1.807, 2.05) is 12.3 Å². The van der Waals surface area contributed by atoms with Gasteiger partial charge in [0.2, 0.25) is 0 Å². The van der Waals surface area contributed by atoms with Crippen LogP contribution in [0.25, 0.3) is 11.3 Å². The van der Waals surface area contributed by atoms with E-state index >= 15 is 0 Å². The van der Waals surface area contributed by atoms with Gasteiger partial charge in [0.1, 0.15) is 17.2 Å². The van der Waals surface area contributed by atoms with Crippen LogP contribution in [0.2, 0.25) is 0 Å². The molecule has 20 heavy (non-hydrogen) atoms. The van der Waals surface area contributed by atoms with E-state index in [2.05, 4.69) is 10.2 Å². The average Bonchev–Trinajstić information content (AvgIpc) is 2.95. The molecule has 106 valence electrons. The Hall–Kier alpha value is -2.15. The first kappa shape index (κ1) is 14.3. The van der Waals surface area contributed by atoms with Crippen molar-refractivity contribution in [3.8, 4) is 22.8 Å². The molecule has 1 aromatic carbocycles. The molecule has 2 rings (SSSR count). The van der Waals surface area contributed by atoms with Crippen molar-refractivity contribution in [3.63, 3.8) is 0 Å². The molecule has 0 unspecified atom stereocenters. The minimum Gasteiger partial charge on any atom is -0.496 e. The lowest BCUT2D eigenvalue weighted by atomic mass is 10.1. The molecule has 0 aliphatic rings. The fourth-order valence-corrected chi connectivity index (χ4v) is 2.37. The zero-order valence-electron chi connectivity index (χ0n) is 11.3. The summed E-state index contributed by atoms with van der Waals surface area (Å²) in [6.07, 6.45) is 1.94. The maximum atomic E-state index is 10.9. The van der Waals surface area contributed by atoms with Crippen LogP contribution in [0.15, 0.2) is 23.1 Å². The molecule has 0 aliphatic heterocycles. The van der Waals surface area contributed by atoms with Gasteiger partial charge in [0.15, 0.2) is 0 Å². The van der Waals surface area contributed by atoms with Gasteiger partial charge in [-0.2, -0.15) is 5.10 Å². The van der Waals surface area contributed by atoms with Gasteiger partial charge in [-0.05, 0) is 24.5 Å². The summed E-state index contributed by atoms with van der Waals surface area (Å²) < 4.78 is 10.7. The van der Waals surface area contributed by atoms with Gasteiger partial charge in [-0.3, -0.25) is 5.10 Å². The smallest absolute Gasteiger partial charge is 0.353 e. The molecule has 7 heteroatoms. The molecular weight excluding hydrogens is 280 g/mol. The summed E-state index contributed by atoms with van der Waals surface area (Å²) in [6, 6.07) is 5.08. The number of H-pyrrole nitrogens is 1. The van der Waals surface area contributed by atoms with Gasteiger partial charge in [0, 0.05) is 5.56 Å². The van der Waals surface area contributed by atoms with Crippen molar-refractivity contribution >= 4 is 17.7 Å². The zero-order valence-corrected chi connectivity index (χ0v) is 12.1. The Morgan fingerprint density at radius 1 is 1.25 bits per heavy atom. The Balaban J connectivity index is 2.56. The summed E-state index contributed by atoms with van der Waals surface area (Å²) in [5, 5.41) is 15.4. The van der Waals surface area contributed by atoms with Crippen molar-refractivity contribution in [2.45, 2.75) is 4.90 Å². The van der Waals surface area contributed by atoms with Crippen LogP contribution < -0.4 is 9.47 Å². The summed E-state index contributed by atoms with van der Waals surface area (Å²) in [7, 11) is 3.14. The SMILES string of the molecule is COc1cc(-c2cc(C(=O)O)[nH]n2)c(OC)cc1SC. The first-order valence-electron chi connectivity index (χ1n) is 5.69. The molecule has 0 spiro atoms. The highest BCUT2D eigenvalue weighted by Gasteiger charge is 2.16. The largest absolute Gasteiger partial charge is 0.496 e. The van der Waals surface area contributed by atoms with Crippen molar-refractivity contribution in [1.29, 1.82) is 0 Å². The number of nitrogens with one attached hydrogen (secondary N) is 1. The van der Waals surface area contributed by atoms with Gasteiger partial charge in [0.25, 0.3) is 0 Å². The van der Waals surface area contributed by atoms with Crippen LogP contribution in [0.4, 0.5) is 0 Å². The number of rotatable bonds is 5. The highest BCUT2D eigenvalue weighted by atomic mass is 32.2. The average molecular weight is 294 g/mol. The molecule has 0 bridgehead atoms. The van der Waals surface area contributed by atoms with Crippen molar-refractivity contribution in [1.82, 2.24) is 10.2 Å². The highest BCUT2D eigenvalue weighted by Crippen LogP contribution is 2.39. The first-order chi connectivity index (χ1) is 9.60. The molecular formula is C13H14N2O4S. The lowest BCUT2D eigenvalue weighted by Crippen LogP contribution is -1.95. The van der Waals surface area contributed by atoms with Crippen LogP contribution in [0.3, 0.4) is 0 Å².